The third kappa shape index (κ3) is 4.01. The first-order chi connectivity index (χ1) is 15.7. The summed E-state index contributed by atoms with van der Waals surface area (Å²) in [7, 11) is 0. The summed E-state index contributed by atoms with van der Waals surface area (Å²) in [4.78, 5) is 12.6. The molecule has 1 heterocycles. The number of para-hydroxylation sites is 1. The van der Waals surface area contributed by atoms with E-state index in [1.165, 1.54) is 24.3 Å². The summed E-state index contributed by atoms with van der Waals surface area (Å²) in [5, 5.41) is 10.1. The summed E-state index contributed by atoms with van der Waals surface area (Å²) in [6.45, 7) is 0.297. The summed E-state index contributed by atoms with van der Waals surface area (Å²) in [5.41, 5.74) is 4.02. The first-order valence-corrected chi connectivity index (χ1v) is 10.3. The number of benzene rings is 4. The molecule has 0 aliphatic carbocycles. The highest BCUT2D eigenvalue weighted by atomic mass is 19.1. The van der Waals surface area contributed by atoms with Gasteiger partial charge in [0.05, 0.1) is 11.4 Å². The van der Waals surface area contributed by atoms with E-state index in [4.69, 9.17) is 5.10 Å². The largest absolute Gasteiger partial charge is 0.348 e. The van der Waals surface area contributed by atoms with Gasteiger partial charge < -0.3 is 5.32 Å². The maximum atomic E-state index is 13.2. The average molecular weight is 421 g/mol. The Morgan fingerprint density at radius 2 is 1.56 bits per heavy atom. The van der Waals surface area contributed by atoms with Gasteiger partial charge in [0.15, 0.2) is 0 Å². The van der Waals surface area contributed by atoms with Crippen LogP contribution in [0.1, 0.15) is 15.9 Å². The van der Waals surface area contributed by atoms with Gasteiger partial charge in [-0.05, 0) is 53.2 Å². The highest BCUT2D eigenvalue weighted by Gasteiger charge is 2.14. The molecule has 0 bridgehead atoms. The molecule has 0 unspecified atom stereocenters. The number of aromatic nitrogens is 2. The molecule has 32 heavy (non-hydrogen) atoms. The van der Waals surface area contributed by atoms with Crippen molar-refractivity contribution in [1.82, 2.24) is 15.1 Å². The predicted molar refractivity (Wildman–Crippen MR) is 124 cm³/mol. The maximum Gasteiger partial charge on any atom is 0.251 e. The topological polar surface area (TPSA) is 46.9 Å². The van der Waals surface area contributed by atoms with Gasteiger partial charge in [0.1, 0.15) is 5.82 Å². The van der Waals surface area contributed by atoms with E-state index < -0.39 is 0 Å². The second-order valence-electron chi connectivity index (χ2n) is 7.53. The van der Waals surface area contributed by atoms with Crippen molar-refractivity contribution in [2.45, 2.75) is 6.54 Å². The summed E-state index contributed by atoms with van der Waals surface area (Å²) in [6.07, 6.45) is 1.94. The van der Waals surface area contributed by atoms with E-state index in [0.717, 1.165) is 33.3 Å². The molecule has 0 aliphatic rings. The Morgan fingerprint density at radius 1 is 0.844 bits per heavy atom. The minimum absolute atomic E-state index is 0.262. The Kier molecular flexibility index (Phi) is 5.22. The van der Waals surface area contributed by atoms with Crippen LogP contribution in [-0.4, -0.2) is 15.7 Å². The van der Waals surface area contributed by atoms with Gasteiger partial charge in [0.25, 0.3) is 5.91 Å². The number of rotatable bonds is 5. The van der Waals surface area contributed by atoms with Crippen LogP contribution in [0.15, 0.2) is 103 Å². The fraction of sp³-hybridized carbons (Fsp3) is 0.0370. The molecular weight excluding hydrogens is 401 g/mol. The molecule has 0 aliphatic heterocycles. The van der Waals surface area contributed by atoms with Crippen LogP contribution >= 0.6 is 0 Å². The van der Waals surface area contributed by atoms with Gasteiger partial charge in [0.2, 0.25) is 0 Å². The van der Waals surface area contributed by atoms with Crippen LogP contribution in [0, 0.1) is 5.82 Å². The third-order valence-corrected chi connectivity index (χ3v) is 5.38. The Hall–Kier alpha value is -4.25. The monoisotopic (exact) mass is 421 g/mol. The van der Waals surface area contributed by atoms with Crippen molar-refractivity contribution < 1.29 is 9.18 Å². The lowest BCUT2D eigenvalue weighted by Crippen LogP contribution is -2.22. The minimum atomic E-state index is -0.371. The van der Waals surface area contributed by atoms with E-state index in [2.05, 4.69) is 29.6 Å². The molecule has 0 fully saturated rings. The molecule has 0 spiro atoms. The van der Waals surface area contributed by atoms with E-state index in [-0.39, 0.29) is 11.7 Å². The number of amides is 1. The van der Waals surface area contributed by atoms with Gasteiger partial charge in [-0.1, -0.05) is 54.6 Å². The molecule has 1 amide bonds. The van der Waals surface area contributed by atoms with Crippen molar-refractivity contribution in [2.75, 3.05) is 0 Å². The number of halogens is 1. The smallest absolute Gasteiger partial charge is 0.251 e. The quantitative estimate of drug-likeness (QED) is 0.392. The Morgan fingerprint density at radius 3 is 2.34 bits per heavy atom. The second kappa shape index (κ2) is 8.47. The molecule has 5 rings (SSSR count). The van der Waals surface area contributed by atoms with Crippen LogP contribution in [0.25, 0.3) is 27.7 Å². The van der Waals surface area contributed by atoms with Gasteiger partial charge >= 0.3 is 0 Å². The third-order valence-electron chi connectivity index (χ3n) is 5.38. The Labute approximate surface area is 184 Å². The zero-order chi connectivity index (χ0) is 21.9. The summed E-state index contributed by atoms with van der Waals surface area (Å²) >= 11 is 0. The molecule has 5 aromatic rings. The van der Waals surface area contributed by atoms with Crippen LogP contribution in [0.4, 0.5) is 4.39 Å². The van der Waals surface area contributed by atoms with Crippen LogP contribution in [0.3, 0.4) is 0 Å². The van der Waals surface area contributed by atoms with E-state index in [1.807, 2.05) is 59.4 Å². The lowest BCUT2D eigenvalue weighted by Gasteiger charge is -2.07. The standard InChI is InChI=1S/C27H20FN3O/c28-24-14-12-20(13-15-24)27(32)29-17-23-18-31(25-8-2-1-3-9-25)30-26(23)22-11-10-19-6-4-5-7-21(19)16-22/h1-16,18H,17H2,(H,29,32). The molecule has 4 nitrogen and oxygen atoms in total. The number of hydrogen-bond donors (Lipinski definition) is 1. The Bertz CT molecular complexity index is 1390. The van der Waals surface area contributed by atoms with E-state index in [0.29, 0.717) is 12.1 Å². The normalized spacial score (nSPS) is 10.9. The molecular formula is C27H20FN3O. The van der Waals surface area contributed by atoms with Crippen molar-refractivity contribution in [3.63, 3.8) is 0 Å². The maximum absolute atomic E-state index is 13.2. The number of nitrogens with one attached hydrogen (secondary N) is 1. The fourth-order valence-corrected chi connectivity index (χ4v) is 3.71. The lowest BCUT2D eigenvalue weighted by molar-refractivity contribution is 0.0951. The highest BCUT2D eigenvalue weighted by Crippen LogP contribution is 2.27. The van der Waals surface area contributed by atoms with Gasteiger partial charge in [0, 0.05) is 29.4 Å². The molecule has 0 saturated carbocycles. The van der Waals surface area contributed by atoms with Gasteiger partial charge in [-0.3, -0.25) is 4.79 Å². The van der Waals surface area contributed by atoms with Gasteiger partial charge in [-0.2, -0.15) is 5.10 Å². The van der Waals surface area contributed by atoms with E-state index >= 15 is 0 Å². The summed E-state index contributed by atoms with van der Waals surface area (Å²) in [5.74, 6) is -0.633. The molecule has 1 aromatic heterocycles. The van der Waals surface area contributed by atoms with E-state index in [1.54, 1.807) is 0 Å². The average Bonchev–Trinajstić information content (AvgIpc) is 3.27. The summed E-state index contributed by atoms with van der Waals surface area (Å²) < 4.78 is 15.0. The number of carbonyl (C=O) groups is 1. The molecule has 0 saturated heterocycles. The van der Waals surface area contributed by atoms with Crippen LogP contribution < -0.4 is 5.32 Å². The summed E-state index contributed by atoms with van der Waals surface area (Å²) in [6, 6.07) is 29.8. The highest BCUT2D eigenvalue weighted by molar-refractivity contribution is 5.94. The molecule has 1 N–H and O–H groups in total. The molecule has 4 aromatic carbocycles. The lowest BCUT2D eigenvalue weighted by atomic mass is 10.0. The Balaban J connectivity index is 1.50. The van der Waals surface area contributed by atoms with Crippen LogP contribution in [0.5, 0.6) is 0 Å². The zero-order valence-electron chi connectivity index (χ0n) is 17.2. The van der Waals surface area contributed by atoms with Crippen LogP contribution in [0.2, 0.25) is 0 Å². The van der Waals surface area contributed by atoms with Crippen molar-refractivity contribution >= 4 is 16.7 Å². The molecule has 0 radical (unpaired) electrons. The molecule has 0 atom stereocenters. The van der Waals surface area contributed by atoms with E-state index in [9.17, 15) is 9.18 Å². The van der Waals surface area contributed by atoms with Crippen molar-refractivity contribution in [3.05, 3.63) is 120 Å². The molecule has 156 valence electrons. The number of fused-ring (bicyclic) bond motifs is 1. The minimum Gasteiger partial charge on any atom is -0.348 e. The van der Waals surface area contributed by atoms with Crippen molar-refractivity contribution in [3.8, 4) is 16.9 Å². The van der Waals surface area contributed by atoms with Gasteiger partial charge in [-0.15, -0.1) is 0 Å². The van der Waals surface area contributed by atoms with Gasteiger partial charge in [-0.25, -0.2) is 9.07 Å². The van der Waals surface area contributed by atoms with Crippen molar-refractivity contribution in [1.29, 1.82) is 0 Å². The SMILES string of the molecule is O=C(NCc1cn(-c2ccccc2)nc1-c1ccc2ccccc2c1)c1ccc(F)cc1. The first-order valence-electron chi connectivity index (χ1n) is 10.3. The number of nitrogens with zero attached hydrogens (tertiary/aromatic N) is 2. The zero-order valence-corrected chi connectivity index (χ0v) is 17.2. The number of carbonyl (C=O) groups excluding carboxylic acids is 1. The van der Waals surface area contributed by atoms with Crippen LogP contribution in [-0.2, 0) is 6.54 Å². The fourth-order valence-electron chi connectivity index (χ4n) is 3.71. The predicted octanol–water partition coefficient (Wildman–Crippen LogP) is 5.76. The molecule has 5 heteroatoms. The van der Waals surface area contributed by atoms with Crippen molar-refractivity contribution in [2.24, 2.45) is 0 Å². The second-order valence-corrected chi connectivity index (χ2v) is 7.53. The first kappa shape index (κ1) is 19.7. The number of hydrogen-bond acceptors (Lipinski definition) is 2.